The van der Waals surface area contributed by atoms with Crippen LogP contribution < -0.4 is 4.74 Å². The molecule has 7 nitrogen and oxygen atoms in total. The summed E-state index contributed by atoms with van der Waals surface area (Å²) < 4.78 is 10.6. The Morgan fingerprint density at radius 2 is 2.00 bits per heavy atom. The third kappa shape index (κ3) is 3.46. The molecule has 1 aromatic heterocycles. The molecule has 142 valence electrons. The fraction of sp³-hybridized carbons (Fsp3) is 0.300. The van der Waals surface area contributed by atoms with Crippen molar-refractivity contribution < 1.29 is 23.8 Å². The van der Waals surface area contributed by atoms with Crippen molar-refractivity contribution in [1.82, 2.24) is 9.80 Å². The third-order valence-corrected chi connectivity index (χ3v) is 4.51. The van der Waals surface area contributed by atoms with Gasteiger partial charge in [0.1, 0.15) is 5.75 Å². The predicted molar refractivity (Wildman–Crippen MR) is 98.7 cm³/mol. The summed E-state index contributed by atoms with van der Waals surface area (Å²) in [4.78, 5) is 29.2. The van der Waals surface area contributed by atoms with Crippen LogP contribution in [0.3, 0.4) is 0 Å². The van der Waals surface area contributed by atoms with Gasteiger partial charge in [0.05, 0.1) is 25.0 Å². The monoisotopic (exact) mass is 370 g/mol. The van der Waals surface area contributed by atoms with Gasteiger partial charge in [0.2, 0.25) is 5.78 Å². The van der Waals surface area contributed by atoms with Gasteiger partial charge in [-0.05, 0) is 32.3 Å². The fourth-order valence-electron chi connectivity index (χ4n) is 3.18. The average Bonchev–Trinajstić information content (AvgIpc) is 3.28. The molecular weight excluding hydrogens is 348 g/mol. The number of ether oxygens (including phenoxy) is 1. The van der Waals surface area contributed by atoms with E-state index in [1.54, 1.807) is 30.3 Å². The molecule has 27 heavy (non-hydrogen) atoms. The molecule has 0 fully saturated rings. The van der Waals surface area contributed by atoms with E-state index in [2.05, 4.69) is 0 Å². The number of amides is 1. The molecule has 0 aliphatic carbocycles. The van der Waals surface area contributed by atoms with Gasteiger partial charge in [0, 0.05) is 18.7 Å². The van der Waals surface area contributed by atoms with Crippen molar-refractivity contribution in [3.63, 3.8) is 0 Å². The second-order valence-corrected chi connectivity index (χ2v) is 6.52. The number of nitrogens with zero attached hydrogens (tertiary/aromatic N) is 2. The van der Waals surface area contributed by atoms with Gasteiger partial charge in [-0.15, -0.1) is 0 Å². The van der Waals surface area contributed by atoms with E-state index < -0.39 is 23.5 Å². The molecule has 1 atom stereocenters. The molecular formula is C20H22N2O5. The van der Waals surface area contributed by atoms with E-state index in [1.807, 2.05) is 19.0 Å². The first-order chi connectivity index (χ1) is 13.0. The van der Waals surface area contributed by atoms with Gasteiger partial charge >= 0.3 is 0 Å². The quantitative estimate of drug-likeness (QED) is 0.754. The first-order valence-corrected chi connectivity index (χ1v) is 8.55. The molecule has 0 radical (unpaired) electrons. The highest BCUT2D eigenvalue weighted by atomic mass is 16.5. The number of para-hydroxylation sites is 1. The van der Waals surface area contributed by atoms with E-state index in [0.29, 0.717) is 24.4 Å². The van der Waals surface area contributed by atoms with Gasteiger partial charge in [-0.25, -0.2) is 0 Å². The Balaban J connectivity index is 2.10. The van der Waals surface area contributed by atoms with Crippen molar-refractivity contribution in [2.24, 2.45) is 0 Å². The van der Waals surface area contributed by atoms with Crippen LogP contribution in [-0.4, -0.2) is 60.9 Å². The number of rotatable bonds is 7. The first-order valence-electron chi connectivity index (χ1n) is 8.55. The van der Waals surface area contributed by atoms with Gasteiger partial charge in [0.25, 0.3) is 5.91 Å². The highest BCUT2D eigenvalue weighted by Gasteiger charge is 2.45. The normalized spacial score (nSPS) is 17.1. The topological polar surface area (TPSA) is 83.2 Å². The van der Waals surface area contributed by atoms with Crippen LogP contribution in [0.1, 0.15) is 22.2 Å². The molecule has 7 heteroatoms. The predicted octanol–water partition coefficient (Wildman–Crippen LogP) is 2.43. The van der Waals surface area contributed by atoms with E-state index in [9.17, 15) is 14.7 Å². The van der Waals surface area contributed by atoms with Crippen LogP contribution in [0.2, 0.25) is 0 Å². The van der Waals surface area contributed by atoms with Crippen LogP contribution in [-0.2, 0) is 4.79 Å². The number of carbonyl (C=O) groups excluding carboxylic acids is 2. The summed E-state index contributed by atoms with van der Waals surface area (Å²) >= 11 is 0. The molecule has 2 aromatic rings. The maximum atomic E-state index is 13.0. The fourth-order valence-corrected chi connectivity index (χ4v) is 3.18. The summed E-state index contributed by atoms with van der Waals surface area (Å²) in [6.45, 7) is 0.917. The molecule has 1 unspecified atom stereocenters. The Hall–Kier alpha value is -3.06. The molecule has 1 aliphatic heterocycles. The number of ketones is 1. The number of aliphatic hydroxyl groups excluding tert-OH is 1. The second-order valence-electron chi connectivity index (χ2n) is 6.52. The minimum absolute atomic E-state index is 0.00166. The van der Waals surface area contributed by atoms with Crippen molar-refractivity contribution in [2.75, 3.05) is 34.3 Å². The van der Waals surface area contributed by atoms with E-state index in [4.69, 9.17) is 9.15 Å². The van der Waals surface area contributed by atoms with Crippen LogP contribution in [0.5, 0.6) is 5.75 Å². The van der Waals surface area contributed by atoms with Crippen LogP contribution >= 0.6 is 0 Å². The van der Waals surface area contributed by atoms with E-state index in [0.717, 1.165) is 0 Å². The zero-order valence-corrected chi connectivity index (χ0v) is 15.5. The standard InChI is InChI=1S/C20H22N2O5/c1-21(2)10-11-22-17(13-7-4-5-8-14(13)26-3)16(19(24)20(22)25)18(23)15-9-6-12-27-15/h4-9,12,17,24H,10-11H2,1-3H3. The molecule has 0 saturated heterocycles. The number of benzene rings is 1. The minimum Gasteiger partial charge on any atom is -0.503 e. The highest BCUT2D eigenvalue weighted by molar-refractivity contribution is 6.15. The number of hydrogen-bond acceptors (Lipinski definition) is 6. The molecule has 0 saturated carbocycles. The molecule has 3 rings (SSSR count). The molecule has 1 aliphatic rings. The first kappa shape index (κ1) is 18.7. The summed E-state index contributed by atoms with van der Waals surface area (Å²) in [6, 6.07) is 9.49. The number of methoxy groups -OCH3 is 1. The smallest absolute Gasteiger partial charge is 0.290 e. The summed E-state index contributed by atoms with van der Waals surface area (Å²) in [7, 11) is 5.30. The zero-order valence-electron chi connectivity index (χ0n) is 15.5. The third-order valence-electron chi connectivity index (χ3n) is 4.51. The molecule has 1 aromatic carbocycles. The van der Waals surface area contributed by atoms with Crippen molar-refractivity contribution in [3.05, 3.63) is 65.3 Å². The summed E-state index contributed by atoms with van der Waals surface area (Å²) in [6.07, 6.45) is 1.38. The van der Waals surface area contributed by atoms with Gasteiger partial charge in [-0.3, -0.25) is 9.59 Å². The molecule has 0 bridgehead atoms. The van der Waals surface area contributed by atoms with E-state index >= 15 is 0 Å². The van der Waals surface area contributed by atoms with Gasteiger partial charge < -0.3 is 24.1 Å². The lowest BCUT2D eigenvalue weighted by molar-refractivity contribution is -0.129. The lowest BCUT2D eigenvalue weighted by Gasteiger charge is -2.28. The molecule has 1 amide bonds. The van der Waals surface area contributed by atoms with Crippen molar-refractivity contribution in [3.8, 4) is 5.75 Å². The van der Waals surface area contributed by atoms with Crippen LogP contribution in [0.25, 0.3) is 0 Å². The lowest BCUT2D eigenvalue weighted by Crippen LogP contribution is -2.36. The second kappa shape index (κ2) is 7.67. The summed E-state index contributed by atoms with van der Waals surface area (Å²) in [5, 5.41) is 10.5. The number of hydrogen-bond donors (Lipinski definition) is 1. The number of carbonyl (C=O) groups is 2. The van der Waals surface area contributed by atoms with Crippen LogP contribution in [0.15, 0.2) is 58.4 Å². The average molecular weight is 370 g/mol. The number of likely N-dealkylation sites (N-methyl/N-ethyl adjacent to an activating group) is 1. The Morgan fingerprint density at radius 3 is 2.63 bits per heavy atom. The summed E-state index contributed by atoms with van der Waals surface area (Å²) in [5.41, 5.74) is 0.629. The zero-order chi connectivity index (χ0) is 19.6. The van der Waals surface area contributed by atoms with Gasteiger partial charge in [-0.2, -0.15) is 0 Å². The minimum atomic E-state index is -0.758. The number of Topliss-reactive ketones (excluding diaryl/α,β-unsaturated/α-hetero) is 1. The van der Waals surface area contributed by atoms with Crippen molar-refractivity contribution >= 4 is 11.7 Å². The van der Waals surface area contributed by atoms with Gasteiger partial charge in [-0.1, -0.05) is 18.2 Å². The summed E-state index contributed by atoms with van der Waals surface area (Å²) in [5.74, 6) is -1.05. The maximum Gasteiger partial charge on any atom is 0.290 e. The van der Waals surface area contributed by atoms with E-state index in [1.165, 1.54) is 24.3 Å². The Bertz CT molecular complexity index is 870. The Morgan fingerprint density at radius 1 is 1.26 bits per heavy atom. The molecule has 1 N–H and O–H groups in total. The van der Waals surface area contributed by atoms with Gasteiger partial charge in [0.15, 0.2) is 11.5 Å². The van der Waals surface area contributed by atoms with Crippen LogP contribution in [0, 0.1) is 0 Å². The number of furan rings is 1. The molecule has 2 heterocycles. The number of aliphatic hydroxyl groups is 1. The van der Waals surface area contributed by atoms with Crippen LogP contribution in [0.4, 0.5) is 0 Å². The Labute approximate surface area is 157 Å². The highest BCUT2D eigenvalue weighted by Crippen LogP contribution is 2.42. The lowest BCUT2D eigenvalue weighted by atomic mass is 9.94. The molecule has 0 spiro atoms. The van der Waals surface area contributed by atoms with Crippen molar-refractivity contribution in [2.45, 2.75) is 6.04 Å². The largest absolute Gasteiger partial charge is 0.503 e. The SMILES string of the molecule is COc1ccccc1C1C(C(=O)c2ccco2)=C(O)C(=O)N1CCN(C)C. The maximum absolute atomic E-state index is 13.0. The van der Waals surface area contributed by atoms with E-state index in [-0.39, 0.29) is 11.3 Å². The Kier molecular flexibility index (Phi) is 5.32. The van der Waals surface area contributed by atoms with Crippen molar-refractivity contribution in [1.29, 1.82) is 0 Å².